The van der Waals surface area contributed by atoms with Crippen molar-refractivity contribution < 1.29 is 14.7 Å². The zero-order valence-corrected chi connectivity index (χ0v) is 11.4. The van der Waals surface area contributed by atoms with E-state index in [0.717, 1.165) is 15.8 Å². The smallest absolute Gasteiger partial charge is 0.326 e. The van der Waals surface area contributed by atoms with Crippen LogP contribution in [0.5, 0.6) is 0 Å². The normalized spacial score (nSPS) is 12.5. The van der Waals surface area contributed by atoms with Crippen LogP contribution in [0.4, 0.5) is 0 Å². The Hall–Kier alpha value is -1.40. The Kier molecular flexibility index (Phi) is 3.98. The van der Waals surface area contributed by atoms with Crippen molar-refractivity contribution in [3.63, 3.8) is 0 Å². The first-order chi connectivity index (χ1) is 8.61. The fourth-order valence-corrected chi connectivity index (χ4v) is 3.66. The van der Waals surface area contributed by atoms with Gasteiger partial charge >= 0.3 is 5.97 Å². The molecule has 0 saturated carbocycles. The van der Waals surface area contributed by atoms with Gasteiger partial charge in [0.1, 0.15) is 6.04 Å². The second-order valence-electron chi connectivity index (χ2n) is 3.91. The average molecular weight is 283 g/mol. The maximum Gasteiger partial charge on any atom is 0.326 e. The Balaban J connectivity index is 2.11. The molecule has 0 saturated heterocycles. The van der Waals surface area contributed by atoms with Gasteiger partial charge in [-0.3, -0.25) is 4.79 Å². The third-order valence-electron chi connectivity index (χ3n) is 2.54. The number of nitrogens with one attached hydrogen (secondary N) is 1. The fourth-order valence-electron chi connectivity index (χ4n) is 1.65. The summed E-state index contributed by atoms with van der Waals surface area (Å²) >= 11 is 2.96. The van der Waals surface area contributed by atoms with Gasteiger partial charge in [-0.1, -0.05) is 13.3 Å². The van der Waals surface area contributed by atoms with Gasteiger partial charge in [-0.15, -0.1) is 22.7 Å². The monoisotopic (exact) mass is 283 g/mol. The standard InChI is InChI=1S/C12H13NO3S2/c1-2-3-7(12(15)16)13-11(14)10-6-9-8(18-10)4-5-17-9/h4-7H,2-3H2,1H3,(H,13,14)(H,15,16)/t7-/m1/s1. The second-order valence-corrected chi connectivity index (χ2v) is 5.94. The van der Waals surface area contributed by atoms with Gasteiger partial charge in [0.25, 0.3) is 5.91 Å². The molecule has 2 rings (SSSR count). The summed E-state index contributed by atoms with van der Waals surface area (Å²) in [7, 11) is 0. The van der Waals surface area contributed by atoms with Crippen LogP contribution in [-0.4, -0.2) is 23.0 Å². The van der Waals surface area contributed by atoms with E-state index in [2.05, 4.69) is 5.32 Å². The van der Waals surface area contributed by atoms with Crippen molar-refractivity contribution >= 4 is 43.9 Å². The lowest BCUT2D eigenvalue weighted by Gasteiger charge is -2.12. The van der Waals surface area contributed by atoms with Crippen LogP contribution < -0.4 is 5.32 Å². The predicted molar refractivity (Wildman–Crippen MR) is 73.5 cm³/mol. The van der Waals surface area contributed by atoms with Crippen LogP contribution in [0, 0.1) is 0 Å². The Bertz CT molecular complexity index is 544. The van der Waals surface area contributed by atoms with E-state index in [0.29, 0.717) is 11.3 Å². The highest BCUT2D eigenvalue weighted by Gasteiger charge is 2.20. The minimum absolute atomic E-state index is 0.302. The van der Waals surface area contributed by atoms with Gasteiger partial charge < -0.3 is 10.4 Å². The Morgan fingerprint density at radius 2 is 2.22 bits per heavy atom. The molecular formula is C12H13NO3S2. The summed E-state index contributed by atoms with van der Waals surface area (Å²) in [5.74, 6) is -1.28. The van der Waals surface area contributed by atoms with Crippen molar-refractivity contribution in [1.82, 2.24) is 5.32 Å². The molecule has 2 aromatic heterocycles. The van der Waals surface area contributed by atoms with Crippen LogP contribution in [0.2, 0.25) is 0 Å². The number of hydrogen-bond donors (Lipinski definition) is 2. The molecule has 0 unspecified atom stereocenters. The molecular weight excluding hydrogens is 270 g/mol. The minimum atomic E-state index is -0.983. The molecule has 0 aliphatic rings. The van der Waals surface area contributed by atoms with E-state index in [9.17, 15) is 9.59 Å². The van der Waals surface area contributed by atoms with Gasteiger partial charge in [-0.2, -0.15) is 0 Å². The summed E-state index contributed by atoms with van der Waals surface area (Å²) in [6.45, 7) is 1.89. The van der Waals surface area contributed by atoms with Gasteiger partial charge in [0.2, 0.25) is 0 Å². The molecule has 4 nitrogen and oxygen atoms in total. The molecule has 0 bridgehead atoms. The van der Waals surface area contributed by atoms with Gasteiger partial charge in [0, 0.05) is 9.40 Å². The molecule has 2 heterocycles. The van der Waals surface area contributed by atoms with Crippen LogP contribution >= 0.6 is 22.7 Å². The zero-order chi connectivity index (χ0) is 13.1. The van der Waals surface area contributed by atoms with Gasteiger partial charge in [0.05, 0.1) is 4.88 Å². The summed E-state index contributed by atoms with van der Waals surface area (Å²) in [6.07, 6.45) is 1.16. The number of amides is 1. The maximum atomic E-state index is 11.9. The Morgan fingerprint density at radius 3 is 2.83 bits per heavy atom. The average Bonchev–Trinajstić information content (AvgIpc) is 2.87. The first kappa shape index (κ1) is 13.0. The molecule has 1 amide bonds. The minimum Gasteiger partial charge on any atom is -0.480 e. The van der Waals surface area contributed by atoms with Crippen LogP contribution in [-0.2, 0) is 4.79 Å². The van der Waals surface area contributed by atoms with Gasteiger partial charge in [-0.25, -0.2) is 4.79 Å². The van der Waals surface area contributed by atoms with Crippen molar-refractivity contribution in [2.45, 2.75) is 25.8 Å². The van der Waals surface area contributed by atoms with Crippen LogP contribution in [0.15, 0.2) is 17.5 Å². The summed E-state index contributed by atoms with van der Waals surface area (Å²) in [5.41, 5.74) is 0. The third kappa shape index (κ3) is 2.70. The molecule has 96 valence electrons. The maximum absolute atomic E-state index is 11.9. The van der Waals surface area contributed by atoms with Crippen molar-refractivity contribution in [3.05, 3.63) is 22.4 Å². The van der Waals surface area contributed by atoms with E-state index >= 15 is 0 Å². The lowest BCUT2D eigenvalue weighted by atomic mass is 10.1. The molecule has 0 aliphatic carbocycles. The first-order valence-electron chi connectivity index (χ1n) is 5.62. The first-order valence-corrected chi connectivity index (χ1v) is 7.32. The largest absolute Gasteiger partial charge is 0.480 e. The zero-order valence-electron chi connectivity index (χ0n) is 9.80. The number of carbonyl (C=O) groups excluding carboxylic acids is 1. The number of aliphatic carboxylic acids is 1. The highest BCUT2D eigenvalue weighted by Crippen LogP contribution is 2.29. The lowest BCUT2D eigenvalue weighted by molar-refractivity contribution is -0.139. The molecule has 1 atom stereocenters. The van der Waals surface area contributed by atoms with E-state index in [1.807, 2.05) is 24.4 Å². The number of hydrogen-bond acceptors (Lipinski definition) is 4. The van der Waals surface area contributed by atoms with Crippen LogP contribution in [0.25, 0.3) is 9.40 Å². The summed E-state index contributed by atoms with van der Waals surface area (Å²) < 4.78 is 2.13. The van der Waals surface area contributed by atoms with E-state index in [-0.39, 0.29) is 5.91 Å². The fraction of sp³-hybridized carbons (Fsp3) is 0.333. The molecule has 6 heteroatoms. The van der Waals surface area contributed by atoms with Crippen molar-refractivity contribution in [3.8, 4) is 0 Å². The van der Waals surface area contributed by atoms with E-state index in [1.165, 1.54) is 11.3 Å². The Labute approximate surface area is 112 Å². The number of fused-ring (bicyclic) bond motifs is 1. The summed E-state index contributed by atoms with van der Waals surface area (Å²) in [5, 5.41) is 13.5. The van der Waals surface area contributed by atoms with Gasteiger partial charge in [0.15, 0.2) is 0 Å². The van der Waals surface area contributed by atoms with Crippen LogP contribution in [0.3, 0.4) is 0 Å². The van der Waals surface area contributed by atoms with E-state index < -0.39 is 12.0 Å². The quantitative estimate of drug-likeness (QED) is 0.886. The van der Waals surface area contributed by atoms with Crippen molar-refractivity contribution in [2.75, 3.05) is 0 Å². The molecule has 0 radical (unpaired) electrons. The number of carboxylic acids is 1. The molecule has 0 fully saturated rings. The summed E-state index contributed by atoms with van der Waals surface area (Å²) in [4.78, 5) is 23.5. The SMILES string of the molecule is CCC[C@@H](NC(=O)c1cc2sccc2s1)C(=O)O. The van der Waals surface area contributed by atoms with Crippen molar-refractivity contribution in [2.24, 2.45) is 0 Å². The third-order valence-corrected chi connectivity index (χ3v) is 4.64. The Morgan fingerprint density at radius 1 is 1.44 bits per heavy atom. The molecule has 2 N–H and O–H groups in total. The second kappa shape index (κ2) is 5.49. The van der Waals surface area contributed by atoms with E-state index in [1.54, 1.807) is 11.3 Å². The number of thiophene rings is 2. The highest BCUT2D eigenvalue weighted by atomic mass is 32.1. The lowest BCUT2D eigenvalue weighted by Crippen LogP contribution is -2.40. The van der Waals surface area contributed by atoms with Gasteiger partial charge in [-0.05, 0) is 23.9 Å². The van der Waals surface area contributed by atoms with Crippen LogP contribution in [0.1, 0.15) is 29.4 Å². The topological polar surface area (TPSA) is 66.4 Å². The molecule has 0 spiro atoms. The van der Waals surface area contributed by atoms with Crippen molar-refractivity contribution in [1.29, 1.82) is 0 Å². The molecule has 2 aromatic rings. The van der Waals surface area contributed by atoms with E-state index in [4.69, 9.17) is 5.11 Å². The number of rotatable bonds is 5. The predicted octanol–water partition coefficient (Wildman–Crippen LogP) is 2.95. The number of carbonyl (C=O) groups is 2. The highest BCUT2D eigenvalue weighted by molar-refractivity contribution is 7.27. The molecule has 0 aliphatic heterocycles. The summed E-state index contributed by atoms with van der Waals surface area (Å²) in [6, 6.07) is 2.97. The molecule has 18 heavy (non-hydrogen) atoms. The number of carboxylic acid groups (broad SMARTS) is 1. The molecule has 0 aromatic carbocycles.